The van der Waals surface area contributed by atoms with E-state index in [0.29, 0.717) is 6.04 Å². The lowest BCUT2D eigenvalue weighted by atomic mass is 9.94. The number of likely N-dealkylation sites (tertiary alicyclic amines) is 1. The normalized spacial score (nSPS) is 27.3. The first-order valence-electron chi connectivity index (χ1n) is 6.11. The molecule has 0 aromatic carbocycles. The average molecular weight is 210 g/mol. The van der Waals surface area contributed by atoms with Crippen LogP contribution in [0.5, 0.6) is 0 Å². The van der Waals surface area contributed by atoms with Crippen LogP contribution >= 0.6 is 0 Å². The number of nitrogens with zero attached hydrogens (tertiary/aromatic N) is 4. The Morgan fingerprint density at radius 1 is 1.47 bits per heavy atom. The Morgan fingerprint density at radius 2 is 2.27 bits per heavy atom. The third kappa shape index (κ3) is 3.40. The number of azide groups is 1. The highest BCUT2D eigenvalue weighted by Gasteiger charge is 2.28. The summed E-state index contributed by atoms with van der Waals surface area (Å²) in [5, 5.41) is 3.93. The molecule has 15 heavy (non-hydrogen) atoms. The van der Waals surface area contributed by atoms with Gasteiger partial charge in [0.15, 0.2) is 0 Å². The summed E-state index contributed by atoms with van der Waals surface area (Å²) in [6.07, 6.45) is 5.81. The van der Waals surface area contributed by atoms with Crippen LogP contribution in [0.4, 0.5) is 0 Å². The number of unbranched alkanes of at least 4 members (excludes halogenated alkanes) is 1. The zero-order valence-electron chi connectivity index (χ0n) is 9.89. The quantitative estimate of drug-likeness (QED) is 0.390. The van der Waals surface area contributed by atoms with Crippen molar-refractivity contribution in [2.75, 3.05) is 13.1 Å². The molecule has 4 heteroatoms. The molecule has 86 valence electrons. The molecule has 4 nitrogen and oxygen atoms in total. The van der Waals surface area contributed by atoms with Crippen LogP contribution in [-0.4, -0.2) is 30.1 Å². The minimum atomic E-state index is 0.200. The topological polar surface area (TPSA) is 52.0 Å². The van der Waals surface area contributed by atoms with Crippen LogP contribution in [0.3, 0.4) is 0 Å². The first-order valence-corrected chi connectivity index (χ1v) is 6.11. The van der Waals surface area contributed by atoms with Gasteiger partial charge in [0.2, 0.25) is 0 Å². The van der Waals surface area contributed by atoms with E-state index in [-0.39, 0.29) is 6.04 Å². The maximum Gasteiger partial charge on any atom is 0.0530 e. The maximum atomic E-state index is 8.53. The summed E-state index contributed by atoms with van der Waals surface area (Å²) in [5.74, 6) is 0. The van der Waals surface area contributed by atoms with Gasteiger partial charge in [-0.2, -0.15) is 0 Å². The van der Waals surface area contributed by atoms with E-state index in [0.717, 1.165) is 19.4 Å². The largest absolute Gasteiger partial charge is 0.300 e. The Morgan fingerprint density at radius 3 is 2.87 bits per heavy atom. The molecule has 1 saturated heterocycles. The van der Waals surface area contributed by atoms with Gasteiger partial charge in [-0.1, -0.05) is 25.4 Å². The van der Waals surface area contributed by atoms with Crippen molar-refractivity contribution in [3.63, 3.8) is 0 Å². The van der Waals surface area contributed by atoms with Crippen molar-refractivity contribution in [1.82, 2.24) is 4.90 Å². The second-order valence-electron chi connectivity index (χ2n) is 4.28. The van der Waals surface area contributed by atoms with E-state index < -0.39 is 0 Å². The molecular formula is C11H22N4. The molecule has 0 amide bonds. The van der Waals surface area contributed by atoms with E-state index in [9.17, 15) is 0 Å². The highest BCUT2D eigenvalue weighted by molar-refractivity contribution is 4.88. The summed E-state index contributed by atoms with van der Waals surface area (Å²) < 4.78 is 0. The van der Waals surface area contributed by atoms with Crippen molar-refractivity contribution in [2.45, 2.75) is 58.0 Å². The second kappa shape index (κ2) is 6.70. The van der Waals surface area contributed by atoms with Crippen LogP contribution < -0.4 is 0 Å². The van der Waals surface area contributed by atoms with Crippen molar-refractivity contribution in [2.24, 2.45) is 5.11 Å². The van der Waals surface area contributed by atoms with Crippen molar-refractivity contribution in [3.05, 3.63) is 10.4 Å². The first-order chi connectivity index (χ1) is 7.33. The minimum absolute atomic E-state index is 0.200. The number of rotatable bonds is 5. The summed E-state index contributed by atoms with van der Waals surface area (Å²) in [7, 11) is 0. The fraction of sp³-hybridized carbons (Fsp3) is 1.00. The predicted molar refractivity (Wildman–Crippen MR) is 62.7 cm³/mol. The van der Waals surface area contributed by atoms with Crippen molar-refractivity contribution in [1.29, 1.82) is 0 Å². The van der Waals surface area contributed by atoms with Crippen LogP contribution in [0, 0.1) is 0 Å². The number of hydrogen-bond donors (Lipinski definition) is 0. The molecule has 1 aliphatic rings. The summed E-state index contributed by atoms with van der Waals surface area (Å²) in [5.41, 5.74) is 8.53. The van der Waals surface area contributed by atoms with Crippen molar-refractivity contribution < 1.29 is 0 Å². The van der Waals surface area contributed by atoms with Crippen LogP contribution in [0.1, 0.15) is 46.0 Å². The van der Waals surface area contributed by atoms with Crippen molar-refractivity contribution >= 4 is 0 Å². The average Bonchev–Trinajstić information content (AvgIpc) is 2.27. The third-order valence-electron chi connectivity index (χ3n) is 3.28. The molecule has 0 aromatic heterocycles. The Kier molecular flexibility index (Phi) is 5.51. The molecule has 1 heterocycles. The molecular weight excluding hydrogens is 188 g/mol. The van der Waals surface area contributed by atoms with Gasteiger partial charge < -0.3 is 0 Å². The fourth-order valence-electron chi connectivity index (χ4n) is 2.48. The lowest BCUT2D eigenvalue weighted by molar-refractivity contribution is 0.123. The smallest absolute Gasteiger partial charge is 0.0530 e. The van der Waals surface area contributed by atoms with E-state index in [2.05, 4.69) is 28.8 Å². The molecule has 0 bridgehead atoms. The van der Waals surface area contributed by atoms with Crippen LogP contribution in [0.25, 0.3) is 10.4 Å². The van der Waals surface area contributed by atoms with Gasteiger partial charge in [0.25, 0.3) is 0 Å². The molecule has 1 rings (SSSR count). The maximum absolute atomic E-state index is 8.53. The number of piperidine rings is 1. The Labute approximate surface area is 92.3 Å². The monoisotopic (exact) mass is 210 g/mol. The van der Waals surface area contributed by atoms with Gasteiger partial charge in [-0.3, -0.25) is 4.90 Å². The van der Waals surface area contributed by atoms with Crippen molar-refractivity contribution in [3.8, 4) is 0 Å². The molecule has 0 spiro atoms. The van der Waals surface area contributed by atoms with E-state index in [1.165, 1.54) is 25.8 Å². The fourth-order valence-corrected chi connectivity index (χ4v) is 2.48. The lowest BCUT2D eigenvalue weighted by Gasteiger charge is -2.39. The molecule has 0 aliphatic carbocycles. The molecule has 0 saturated carbocycles. The lowest BCUT2D eigenvalue weighted by Crippen LogP contribution is -2.47. The van der Waals surface area contributed by atoms with Gasteiger partial charge in [0.1, 0.15) is 0 Å². The molecule has 2 unspecified atom stereocenters. The second-order valence-corrected chi connectivity index (χ2v) is 4.28. The highest BCUT2D eigenvalue weighted by Crippen LogP contribution is 2.23. The Hall–Kier alpha value is -0.730. The summed E-state index contributed by atoms with van der Waals surface area (Å²) in [6, 6.07) is 0.673. The van der Waals surface area contributed by atoms with E-state index in [1.54, 1.807) is 0 Å². The molecule has 0 radical (unpaired) electrons. The first kappa shape index (κ1) is 12.3. The summed E-state index contributed by atoms with van der Waals surface area (Å²) in [4.78, 5) is 5.48. The van der Waals surface area contributed by atoms with Gasteiger partial charge in [0.05, 0.1) is 6.04 Å². The minimum Gasteiger partial charge on any atom is -0.300 e. The summed E-state index contributed by atoms with van der Waals surface area (Å²) >= 11 is 0. The Balaban J connectivity index is 2.57. The zero-order chi connectivity index (χ0) is 11.1. The predicted octanol–water partition coefficient (Wildman–Crippen LogP) is 3.34. The molecule has 1 fully saturated rings. The van der Waals surface area contributed by atoms with Gasteiger partial charge in [-0.15, -0.1) is 0 Å². The van der Waals surface area contributed by atoms with Crippen LogP contribution in [0.15, 0.2) is 5.11 Å². The van der Waals surface area contributed by atoms with E-state index in [1.807, 2.05) is 0 Å². The highest BCUT2D eigenvalue weighted by atomic mass is 15.2. The third-order valence-corrected chi connectivity index (χ3v) is 3.28. The number of hydrogen-bond acceptors (Lipinski definition) is 2. The van der Waals surface area contributed by atoms with Crippen LogP contribution in [-0.2, 0) is 0 Å². The Bertz CT molecular complexity index is 223. The zero-order valence-corrected chi connectivity index (χ0v) is 9.89. The van der Waals surface area contributed by atoms with Gasteiger partial charge in [-0.05, 0) is 44.3 Å². The SMILES string of the molecule is CCCCN1CCCC(N=[N+]=[N-])C1CC. The molecule has 1 aliphatic heterocycles. The molecule has 2 atom stereocenters. The van der Waals surface area contributed by atoms with Gasteiger partial charge in [-0.25, -0.2) is 0 Å². The standard InChI is InChI=1S/C11H22N4/c1-3-5-8-15-9-6-7-10(13-14-12)11(15)4-2/h10-11H,3-9H2,1-2H3. The molecule has 0 N–H and O–H groups in total. The van der Waals surface area contributed by atoms with Crippen LogP contribution in [0.2, 0.25) is 0 Å². The summed E-state index contributed by atoms with van der Waals surface area (Å²) in [6.45, 7) is 6.74. The van der Waals surface area contributed by atoms with Gasteiger partial charge >= 0.3 is 0 Å². The molecule has 0 aromatic rings. The van der Waals surface area contributed by atoms with Gasteiger partial charge in [0, 0.05) is 11.0 Å². The van der Waals surface area contributed by atoms with E-state index in [4.69, 9.17) is 5.53 Å². The van der Waals surface area contributed by atoms with E-state index >= 15 is 0 Å².